The second-order valence-electron chi connectivity index (χ2n) is 6.63. The van der Waals surface area contributed by atoms with E-state index in [0.29, 0.717) is 49.8 Å². The largest absolute Gasteiger partial charge is 0.496 e. The summed E-state index contributed by atoms with van der Waals surface area (Å²) < 4.78 is 36.5. The van der Waals surface area contributed by atoms with Gasteiger partial charge in [-0.2, -0.15) is 16.1 Å². The molecule has 2 amide bonds. The first-order valence-electron chi connectivity index (χ1n) is 9.65. The molecule has 0 spiro atoms. The van der Waals surface area contributed by atoms with E-state index in [-0.39, 0.29) is 12.3 Å². The van der Waals surface area contributed by atoms with Gasteiger partial charge in [-0.1, -0.05) is 12.1 Å². The fraction of sp³-hybridized carbons (Fsp3) is 0.579. The Morgan fingerprint density at radius 3 is 2.63 bits per heavy atom. The fourth-order valence-electron chi connectivity index (χ4n) is 2.95. The minimum atomic E-state index is -3.47. The summed E-state index contributed by atoms with van der Waals surface area (Å²) in [5, 5.41) is 5.37. The van der Waals surface area contributed by atoms with Gasteiger partial charge in [0.2, 0.25) is 15.9 Å². The minimum Gasteiger partial charge on any atom is -0.496 e. The molecule has 1 saturated heterocycles. The van der Waals surface area contributed by atoms with Gasteiger partial charge in [-0.3, -0.25) is 9.59 Å². The fourth-order valence-corrected chi connectivity index (χ4v) is 4.75. The highest BCUT2D eigenvalue weighted by Crippen LogP contribution is 2.17. The Kier molecular flexibility index (Phi) is 9.89. The van der Waals surface area contributed by atoms with Gasteiger partial charge in [0.25, 0.3) is 5.91 Å². The Hall–Kier alpha value is -1.82. The molecule has 9 nitrogen and oxygen atoms in total. The third kappa shape index (κ3) is 7.15. The molecular weight excluding hydrogens is 430 g/mol. The summed E-state index contributed by atoms with van der Waals surface area (Å²) in [6.07, 6.45) is 2.33. The zero-order chi connectivity index (χ0) is 22.0. The van der Waals surface area contributed by atoms with Crippen LogP contribution in [0.5, 0.6) is 5.75 Å². The van der Waals surface area contributed by atoms with Crippen LogP contribution in [0, 0.1) is 0 Å². The van der Waals surface area contributed by atoms with Crippen molar-refractivity contribution < 1.29 is 27.5 Å². The molecule has 1 aromatic rings. The number of para-hydroxylation sites is 1. The first-order chi connectivity index (χ1) is 14.4. The standard InChI is InChI=1S/C19H29N3O6S2/c1-27-17-6-4-3-5-15(17)18(23)21-16(7-13-29-2)19(24)20-8-14-30(25,26)22-9-11-28-12-10-22/h3-6,16H,7-14H2,1-2H3,(H,20,24)(H,21,23). The predicted octanol–water partition coefficient (Wildman–Crippen LogP) is 0.325. The second-order valence-corrected chi connectivity index (χ2v) is 9.70. The van der Waals surface area contributed by atoms with Gasteiger partial charge in [0, 0.05) is 19.6 Å². The van der Waals surface area contributed by atoms with Crippen LogP contribution in [0.1, 0.15) is 16.8 Å². The Morgan fingerprint density at radius 1 is 1.27 bits per heavy atom. The summed E-state index contributed by atoms with van der Waals surface area (Å²) in [5.74, 6) is 0.0416. The van der Waals surface area contributed by atoms with Crippen LogP contribution in [0.3, 0.4) is 0 Å². The number of sulfonamides is 1. The van der Waals surface area contributed by atoms with Crippen LogP contribution in [-0.2, 0) is 19.6 Å². The summed E-state index contributed by atoms with van der Waals surface area (Å²) in [6.45, 7) is 1.36. The highest BCUT2D eigenvalue weighted by molar-refractivity contribution is 7.98. The lowest BCUT2D eigenvalue weighted by Gasteiger charge is -2.26. The average Bonchev–Trinajstić information content (AvgIpc) is 2.76. The maximum Gasteiger partial charge on any atom is 0.255 e. The predicted molar refractivity (Wildman–Crippen MR) is 116 cm³/mol. The van der Waals surface area contributed by atoms with Crippen LogP contribution < -0.4 is 15.4 Å². The zero-order valence-electron chi connectivity index (χ0n) is 17.3. The third-order valence-corrected chi connectivity index (χ3v) is 7.12. The molecule has 0 saturated carbocycles. The topological polar surface area (TPSA) is 114 Å². The summed E-state index contributed by atoms with van der Waals surface area (Å²) in [7, 11) is -1.99. The summed E-state index contributed by atoms with van der Waals surface area (Å²) in [5.41, 5.74) is 0.330. The number of thioether (sulfide) groups is 1. The molecule has 0 bridgehead atoms. The lowest BCUT2D eigenvalue weighted by molar-refractivity contribution is -0.122. The van der Waals surface area contributed by atoms with Gasteiger partial charge >= 0.3 is 0 Å². The number of carbonyl (C=O) groups excluding carboxylic acids is 2. The number of benzene rings is 1. The van der Waals surface area contributed by atoms with E-state index >= 15 is 0 Å². The molecule has 1 fully saturated rings. The molecule has 1 aliphatic rings. The van der Waals surface area contributed by atoms with Crippen LogP contribution in [0.25, 0.3) is 0 Å². The van der Waals surface area contributed by atoms with E-state index in [4.69, 9.17) is 9.47 Å². The number of carbonyl (C=O) groups is 2. The molecule has 30 heavy (non-hydrogen) atoms. The Balaban J connectivity index is 1.95. The smallest absolute Gasteiger partial charge is 0.255 e. The maximum atomic E-state index is 12.6. The SMILES string of the molecule is COc1ccccc1C(=O)NC(CCSC)C(=O)NCCS(=O)(=O)N1CCOCC1. The quantitative estimate of drug-likeness (QED) is 0.490. The molecule has 1 unspecified atom stereocenters. The number of hydrogen-bond acceptors (Lipinski definition) is 7. The molecule has 0 radical (unpaired) electrons. The number of amides is 2. The molecule has 0 aromatic heterocycles. The molecule has 2 N–H and O–H groups in total. The number of rotatable bonds is 11. The number of methoxy groups -OCH3 is 1. The van der Waals surface area contributed by atoms with Crippen LogP contribution in [0.15, 0.2) is 24.3 Å². The van der Waals surface area contributed by atoms with Crippen molar-refractivity contribution in [1.82, 2.24) is 14.9 Å². The minimum absolute atomic E-state index is 0.0289. The van der Waals surface area contributed by atoms with Crippen molar-refractivity contribution in [2.75, 3.05) is 57.7 Å². The molecule has 2 rings (SSSR count). The van der Waals surface area contributed by atoms with Crippen LogP contribution >= 0.6 is 11.8 Å². The van der Waals surface area contributed by atoms with Crippen LogP contribution in [0.2, 0.25) is 0 Å². The van der Waals surface area contributed by atoms with E-state index in [2.05, 4.69) is 10.6 Å². The van der Waals surface area contributed by atoms with E-state index in [1.54, 1.807) is 36.0 Å². The molecule has 1 atom stereocenters. The van der Waals surface area contributed by atoms with E-state index in [1.807, 2.05) is 6.26 Å². The number of hydrogen-bond donors (Lipinski definition) is 2. The lowest BCUT2D eigenvalue weighted by Crippen LogP contribution is -2.49. The van der Waals surface area contributed by atoms with Crippen LogP contribution in [0.4, 0.5) is 0 Å². The van der Waals surface area contributed by atoms with E-state index in [9.17, 15) is 18.0 Å². The number of ether oxygens (including phenoxy) is 2. The first-order valence-corrected chi connectivity index (χ1v) is 12.7. The molecule has 1 heterocycles. The van der Waals surface area contributed by atoms with Crippen molar-refractivity contribution in [3.8, 4) is 5.75 Å². The zero-order valence-corrected chi connectivity index (χ0v) is 18.9. The van der Waals surface area contributed by atoms with E-state index < -0.39 is 27.9 Å². The number of morpholine rings is 1. The summed E-state index contributed by atoms with van der Waals surface area (Å²) >= 11 is 1.55. The van der Waals surface area contributed by atoms with Crippen molar-refractivity contribution in [3.63, 3.8) is 0 Å². The molecule has 0 aliphatic carbocycles. The van der Waals surface area contributed by atoms with Crippen molar-refractivity contribution >= 4 is 33.6 Å². The normalized spacial score (nSPS) is 15.9. The van der Waals surface area contributed by atoms with Gasteiger partial charge in [0.05, 0.1) is 31.6 Å². The maximum absolute atomic E-state index is 12.6. The summed E-state index contributed by atoms with van der Waals surface area (Å²) in [6, 6.07) is 5.98. The van der Waals surface area contributed by atoms with Crippen molar-refractivity contribution in [1.29, 1.82) is 0 Å². The Labute approximate surface area is 181 Å². The highest BCUT2D eigenvalue weighted by atomic mass is 32.2. The third-order valence-electron chi connectivity index (χ3n) is 4.61. The van der Waals surface area contributed by atoms with Crippen molar-refractivity contribution in [2.45, 2.75) is 12.5 Å². The number of nitrogens with one attached hydrogen (secondary N) is 2. The average molecular weight is 460 g/mol. The van der Waals surface area contributed by atoms with Gasteiger partial charge in [0.15, 0.2) is 0 Å². The summed E-state index contributed by atoms with van der Waals surface area (Å²) in [4.78, 5) is 25.3. The number of nitrogens with zero attached hydrogens (tertiary/aromatic N) is 1. The highest BCUT2D eigenvalue weighted by Gasteiger charge is 2.26. The van der Waals surface area contributed by atoms with Gasteiger partial charge in [-0.15, -0.1) is 0 Å². The molecule has 168 valence electrons. The second kappa shape index (κ2) is 12.1. The molecule has 1 aliphatic heterocycles. The molecule has 1 aromatic carbocycles. The lowest BCUT2D eigenvalue weighted by atomic mass is 10.1. The van der Waals surface area contributed by atoms with E-state index in [1.165, 1.54) is 11.4 Å². The molecular formula is C19H29N3O6S2. The monoisotopic (exact) mass is 459 g/mol. The van der Waals surface area contributed by atoms with Gasteiger partial charge in [0.1, 0.15) is 11.8 Å². The first kappa shape index (κ1) is 24.4. The van der Waals surface area contributed by atoms with Crippen LogP contribution in [-0.4, -0.2) is 88.3 Å². The van der Waals surface area contributed by atoms with Crippen molar-refractivity contribution in [3.05, 3.63) is 29.8 Å². The Morgan fingerprint density at radius 2 is 1.97 bits per heavy atom. The van der Waals surface area contributed by atoms with E-state index in [0.717, 1.165) is 0 Å². The van der Waals surface area contributed by atoms with Gasteiger partial charge in [-0.05, 0) is 30.6 Å². The van der Waals surface area contributed by atoms with Gasteiger partial charge < -0.3 is 20.1 Å². The molecule has 11 heteroatoms. The van der Waals surface area contributed by atoms with Gasteiger partial charge in [-0.25, -0.2) is 8.42 Å². The van der Waals surface area contributed by atoms with Crippen molar-refractivity contribution in [2.24, 2.45) is 0 Å². The Bertz CT molecular complexity index is 812.